The lowest BCUT2D eigenvalue weighted by Crippen LogP contribution is -2.06. The summed E-state index contributed by atoms with van der Waals surface area (Å²) >= 11 is 0. The first-order valence-electron chi connectivity index (χ1n) is 5.52. The first-order chi connectivity index (χ1) is 5.81. The maximum atomic E-state index is 3.27. The highest BCUT2D eigenvalue weighted by Crippen LogP contribution is 2.03. The molecule has 0 aromatic rings. The molecular formula is C11H25N. The van der Waals surface area contributed by atoms with Crippen LogP contribution in [0.1, 0.15) is 52.9 Å². The lowest BCUT2D eigenvalue weighted by Gasteiger charge is -1.90. The summed E-state index contributed by atoms with van der Waals surface area (Å²) in [5, 5.41) is 3.27. The quantitative estimate of drug-likeness (QED) is 0.643. The summed E-state index contributed by atoms with van der Waals surface area (Å²) in [6.07, 6.45) is 6.91. The second-order valence-electron chi connectivity index (χ2n) is 3.81. The van der Waals surface area contributed by atoms with Crippen LogP contribution in [0.3, 0.4) is 0 Å². The Morgan fingerprint density at radius 1 is 1.17 bits per heavy atom. The number of hydrogen-bond acceptors (Lipinski definition) is 1. The monoisotopic (exact) mass is 171 g/mol. The summed E-state index contributed by atoms with van der Waals surface area (Å²) in [6, 6.07) is 0. The maximum Gasteiger partial charge on any atom is -0.00227 e. The maximum absolute atomic E-state index is 3.27. The molecule has 0 bridgehead atoms. The molecule has 1 saturated heterocycles. The van der Waals surface area contributed by atoms with Gasteiger partial charge in [0.15, 0.2) is 0 Å². The van der Waals surface area contributed by atoms with E-state index in [4.69, 9.17) is 0 Å². The molecule has 1 nitrogen and oxygen atoms in total. The van der Waals surface area contributed by atoms with Crippen molar-refractivity contribution in [2.75, 3.05) is 13.1 Å². The Hall–Kier alpha value is -0.0400. The van der Waals surface area contributed by atoms with Gasteiger partial charge in [-0.05, 0) is 25.4 Å². The van der Waals surface area contributed by atoms with Gasteiger partial charge in [-0.25, -0.2) is 0 Å². The minimum atomic E-state index is 0.935. The molecule has 1 atom stereocenters. The van der Waals surface area contributed by atoms with E-state index < -0.39 is 0 Å². The Morgan fingerprint density at radius 2 is 1.75 bits per heavy atom. The largest absolute Gasteiger partial charge is 0.316 e. The van der Waals surface area contributed by atoms with Gasteiger partial charge in [-0.15, -0.1) is 0 Å². The smallest absolute Gasteiger partial charge is 0.00227 e. The van der Waals surface area contributed by atoms with Crippen LogP contribution in [0.15, 0.2) is 0 Å². The third kappa shape index (κ3) is 8.06. The summed E-state index contributed by atoms with van der Waals surface area (Å²) < 4.78 is 0. The van der Waals surface area contributed by atoms with Gasteiger partial charge in [-0.1, -0.05) is 46.5 Å². The highest BCUT2D eigenvalue weighted by Gasteiger charge is 2.06. The van der Waals surface area contributed by atoms with Crippen LogP contribution >= 0.6 is 0 Å². The van der Waals surface area contributed by atoms with Gasteiger partial charge in [0.2, 0.25) is 0 Å². The van der Waals surface area contributed by atoms with Gasteiger partial charge in [0.05, 0.1) is 0 Å². The van der Waals surface area contributed by atoms with Gasteiger partial charge in [-0.3, -0.25) is 0 Å². The Morgan fingerprint density at radius 3 is 1.92 bits per heavy atom. The average molecular weight is 171 g/mol. The second-order valence-corrected chi connectivity index (χ2v) is 3.81. The van der Waals surface area contributed by atoms with E-state index in [2.05, 4.69) is 26.1 Å². The molecule has 0 aromatic carbocycles. The van der Waals surface area contributed by atoms with Crippen LogP contribution in [0.5, 0.6) is 0 Å². The molecule has 1 N–H and O–H groups in total. The first-order valence-corrected chi connectivity index (χ1v) is 5.52. The van der Waals surface area contributed by atoms with Crippen LogP contribution in [0.4, 0.5) is 0 Å². The fourth-order valence-electron chi connectivity index (χ4n) is 1.30. The van der Waals surface area contributed by atoms with E-state index >= 15 is 0 Å². The standard InChI is InChI=1S/C6H14.C5H11N/c1-3-5-6-4-2;1-5-2-3-6-4-5/h3-6H2,1-2H3;5-6H,2-4H2,1H3. The van der Waals surface area contributed by atoms with Crippen LogP contribution in [-0.4, -0.2) is 13.1 Å². The second kappa shape index (κ2) is 9.05. The molecule has 1 aliphatic rings. The zero-order valence-corrected chi connectivity index (χ0v) is 9.03. The third-order valence-electron chi connectivity index (χ3n) is 2.26. The Balaban J connectivity index is 0.000000202. The highest BCUT2D eigenvalue weighted by atomic mass is 14.9. The molecule has 1 heteroatoms. The SMILES string of the molecule is CC1CCNC1.CCCCCC. The first kappa shape index (κ1) is 12.0. The van der Waals surface area contributed by atoms with Crippen molar-refractivity contribution in [1.29, 1.82) is 0 Å². The van der Waals surface area contributed by atoms with E-state index in [1.165, 1.54) is 45.2 Å². The van der Waals surface area contributed by atoms with Crippen LogP contribution in [0.2, 0.25) is 0 Å². The van der Waals surface area contributed by atoms with Gasteiger partial charge in [0.25, 0.3) is 0 Å². The van der Waals surface area contributed by atoms with E-state index in [-0.39, 0.29) is 0 Å². The van der Waals surface area contributed by atoms with E-state index in [1.54, 1.807) is 0 Å². The summed E-state index contributed by atoms with van der Waals surface area (Å²) in [4.78, 5) is 0. The molecule has 1 rings (SSSR count). The molecule has 0 spiro atoms. The third-order valence-corrected chi connectivity index (χ3v) is 2.26. The predicted octanol–water partition coefficient (Wildman–Crippen LogP) is 3.20. The summed E-state index contributed by atoms with van der Waals surface area (Å²) in [7, 11) is 0. The molecule has 0 saturated carbocycles. The van der Waals surface area contributed by atoms with Crippen molar-refractivity contribution in [2.45, 2.75) is 52.9 Å². The molecule has 0 aromatic heterocycles. The molecule has 0 radical (unpaired) electrons. The molecule has 1 aliphatic heterocycles. The molecule has 1 fully saturated rings. The minimum Gasteiger partial charge on any atom is -0.316 e. The van der Waals surface area contributed by atoms with Crippen molar-refractivity contribution in [2.24, 2.45) is 5.92 Å². The van der Waals surface area contributed by atoms with E-state index in [1.807, 2.05) is 0 Å². The van der Waals surface area contributed by atoms with Gasteiger partial charge >= 0.3 is 0 Å². The van der Waals surface area contributed by atoms with E-state index in [0.717, 1.165) is 5.92 Å². The highest BCUT2D eigenvalue weighted by molar-refractivity contribution is 4.65. The van der Waals surface area contributed by atoms with Crippen LogP contribution in [0.25, 0.3) is 0 Å². The molecule has 0 amide bonds. The van der Waals surface area contributed by atoms with Gasteiger partial charge < -0.3 is 5.32 Å². The average Bonchev–Trinajstić information content (AvgIpc) is 2.53. The fourth-order valence-corrected chi connectivity index (χ4v) is 1.30. The van der Waals surface area contributed by atoms with Gasteiger partial charge in [0.1, 0.15) is 0 Å². The number of rotatable bonds is 3. The van der Waals surface area contributed by atoms with Crippen molar-refractivity contribution in [1.82, 2.24) is 5.32 Å². The van der Waals surface area contributed by atoms with Crippen molar-refractivity contribution >= 4 is 0 Å². The van der Waals surface area contributed by atoms with E-state index in [9.17, 15) is 0 Å². The van der Waals surface area contributed by atoms with Crippen LogP contribution in [-0.2, 0) is 0 Å². The van der Waals surface area contributed by atoms with Crippen molar-refractivity contribution < 1.29 is 0 Å². The Kier molecular flexibility index (Phi) is 9.02. The predicted molar refractivity (Wildman–Crippen MR) is 56.5 cm³/mol. The zero-order chi connectivity index (χ0) is 9.23. The van der Waals surface area contributed by atoms with Crippen molar-refractivity contribution in [3.63, 3.8) is 0 Å². The van der Waals surface area contributed by atoms with Crippen molar-refractivity contribution in [3.05, 3.63) is 0 Å². The topological polar surface area (TPSA) is 12.0 Å². The molecule has 74 valence electrons. The zero-order valence-electron chi connectivity index (χ0n) is 9.03. The molecule has 1 heterocycles. The van der Waals surface area contributed by atoms with Gasteiger partial charge in [-0.2, -0.15) is 0 Å². The minimum absolute atomic E-state index is 0.935. The van der Waals surface area contributed by atoms with Crippen molar-refractivity contribution in [3.8, 4) is 0 Å². The number of hydrogen-bond donors (Lipinski definition) is 1. The molecule has 12 heavy (non-hydrogen) atoms. The summed E-state index contributed by atoms with van der Waals surface area (Å²) in [5.41, 5.74) is 0. The molecule has 1 unspecified atom stereocenters. The van der Waals surface area contributed by atoms with E-state index in [0.29, 0.717) is 0 Å². The Labute approximate surface area is 77.9 Å². The lowest BCUT2D eigenvalue weighted by molar-refractivity contribution is 0.651. The summed E-state index contributed by atoms with van der Waals surface area (Å²) in [6.45, 7) is 9.21. The van der Waals surface area contributed by atoms with Crippen LogP contribution < -0.4 is 5.32 Å². The van der Waals surface area contributed by atoms with Crippen LogP contribution in [0, 0.1) is 5.92 Å². The Bertz CT molecular complexity index is 71.1. The normalized spacial score (nSPS) is 21.8. The fraction of sp³-hybridized carbons (Fsp3) is 1.00. The lowest BCUT2D eigenvalue weighted by atomic mass is 10.2. The number of unbranched alkanes of at least 4 members (excludes halogenated alkanes) is 3. The van der Waals surface area contributed by atoms with Gasteiger partial charge in [0, 0.05) is 0 Å². The summed E-state index contributed by atoms with van der Waals surface area (Å²) in [5.74, 6) is 0.935. The number of nitrogens with one attached hydrogen (secondary N) is 1. The molecule has 0 aliphatic carbocycles. The molecular weight excluding hydrogens is 146 g/mol.